The Labute approximate surface area is 167 Å². The zero-order chi connectivity index (χ0) is 20.4. The molecule has 28 heavy (non-hydrogen) atoms. The van der Waals surface area contributed by atoms with E-state index >= 15 is 0 Å². The van der Waals surface area contributed by atoms with Crippen molar-refractivity contribution >= 4 is 5.97 Å². The molecule has 2 aliphatic heterocycles. The summed E-state index contributed by atoms with van der Waals surface area (Å²) >= 11 is 0. The van der Waals surface area contributed by atoms with Crippen LogP contribution in [0.5, 0.6) is 0 Å². The van der Waals surface area contributed by atoms with Crippen LogP contribution in [0, 0.1) is 0 Å². The predicted molar refractivity (Wildman–Crippen MR) is 105 cm³/mol. The minimum absolute atomic E-state index is 0.202. The van der Waals surface area contributed by atoms with E-state index < -0.39 is 11.1 Å². The average Bonchev–Trinajstić information content (AvgIpc) is 3.16. The molecule has 1 aromatic carbocycles. The molecule has 1 fully saturated rings. The van der Waals surface area contributed by atoms with Gasteiger partial charge in [-0.15, -0.1) is 0 Å². The van der Waals surface area contributed by atoms with Crippen molar-refractivity contribution in [2.24, 2.45) is 0 Å². The minimum Gasteiger partial charge on any atom is -0.457 e. The average molecular weight is 389 g/mol. The molecule has 6 nitrogen and oxygen atoms in total. The van der Waals surface area contributed by atoms with Crippen LogP contribution in [0.4, 0.5) is 0 Å². The predicted octanol–water partition coefficient (Wildman–Crippen LogP) is 3.61. The lowest BCUT2D eigenvalue weighted by Crippen LogP contribution is -2.53. The van der Waals surface area contributed by atoms with Crippen LogP contribution in [0.25, 0.3) is 0 Å². The van der Waals surface area contributed by atoms with E-state index in [1.165, 1.54) is 0 Å². The van der Waals surface area contributed by atoms with E-state index in [1.54, 1.807) is 0 Å². The first-order chi connectivity index (χ1) is 13.3. The number of esters is 1. The van der Waals surface area contributed by atoms with Gasteiger partial charge in [0.2, 0.25) is 0 Å². The van der Waals surface area contributed by atoms with Gasteiger partial charge in [-0.25, -0.2) is 4.79 Å². The van der Waals surface area contributed by atoms with Crippen LogP contribution < -0.4 is 0 Å². The van der Waals surface area contributed by atoms with Crippen molar-refractivity contribution in [3.63, 3.8) is 0 Å². The van der Waals surface area contributed by atoms with Crippen LogP contribution in [0.3, 0.4) is 0 Å². The lowest BCUT2D eigenvalue weighted by molar-refractivity contribution is -0.295. The van der Waals surface area contributed by atoms with E-state index in [0.717, 1.165) is 12.0 Å². The molecule has 1 saturated heterocycles. The number of nitrogens with zero attached hydrogens (tertiary/aromatic N) is 1. The van der Waals surface area contributed by atoms with Crippen LogP contribution in [0.15, 0.2) is 42.0 Å². The Morgan fingerprint density at radius 1 is 1.21 bits per heavy atom. The number of carbonyl (C=O) groups excluding carboxylic acids is 1. The molecule has 0 radical (unpaired) electrons. The lowest BCUT2D eigenvalue weighted by atomic mass is 9.97. The van der Waals surface area contributed by atoms with E-state index in [9.17, 15) is 4.79 Å². The van der Waals surface area contributed by atoms with Gasteiger partial charge in [0, 0.05) is 13.0 Å². The molecule has 2 aliphatic rings. The molecular weight excluding hydrogens is 358 g/mol. The molecule has 154 valence electrons. The summed E-state index contributed by atoms with van der Waals surface area (Å²) in [6.07, 6.45) is 2.10. The Balaban J connectivity index is 1.70. The van der Waals surface area contributed by atoms with Crippen molar-refractivity contribution in [3.8, 4) is 0 Å². The molecule has 0 aromatic heterocycles. The van der Waals surface area contributed by atoms with Crippen LogP contribution in [-0.2, 0) is 30.4 Å². The summed E-state index contributed by atoms with van der Waals surface area (Å²) in [7, 11) is 0. The smallest absolute Gasteiger partial charge is 0.336 e. The number of benzene rings is 1. The Kier molecular flexibility index (Phi) is 6.25. The summed E-state index contributed by atoms with van der Waals surface area (Å²) in [4.78, 5) is 19.2. The van der Waals surface area contributed by atoms with Gasteiger partial charge >= 0.3 is 5.97 Å². The molecule has 0 spiro atoms. The highest BCUT2D eigenvalue weighted by atomic mass is 16.8. The molecular formula is C22H31NO5. The largest absolute Gasteiger partial charge is 0.457 e. The van der Waals surface area contributed by atoms with Crippen molar-refractivity contribution in [2.75, 3.05) is 13.2 Å². The van der Waals surface area contributed by atoms with E-state index in [-0.39, 0.29) is 25.0 Å². The standard InChI is InChI=1S/C22H31NO5/c1-6-25-20-18(12-13-26-20)28-23-21(2,3)14-17(22(23,4)5)19(24)27-15-16-10-8-7-9-11-16/h7-11,14,18,20H,6,12-13,15H2,1-5H3. The van der Waals surface area contributed by atoms with Gasteiger partial charge in [0.05, 0.1) is 23.3 Å². The number of hydrogen-bond donors (Lipinski definition) is 0. The van der Waals surface area contributed by atoms with Gasteiger partial charge in [0.15, 0.2) is 6.29 Å². The van der Waals surface area contributed by atoms with Crippen molar-refractivity contribution in [3.05, 3.63) is 47.5 Å². The maximum absolute atomic E-state index is 12.8. The highest BCUT2D eigenvalue weighted by molar-refractivity contribution is 5.92. The van der Waals surface area contributed by atoms with Gasteiger partial charge in [-0.05, 0) is 40.2 Å². The Morgan fingerprint density at radius 3 is 2.61 bits per heavy atom. The van der Waals surface area contributed by atoms with Crippen molar-refractivity contribution < 1.29 is 23.8 Å². The molecule has 1 aromatic rings. The molecule has 6 heteroatoms. The summed E-state index contributed by atoms with van der Waals surface area (Å²) < 4.78 is 16.9. The van der Waals surface area contributed by atoms with E-state index in [1.807, 2.05) is 76.1 Å². The minimum atomic E-state index is -0.642. The van der Waals surface area contributed by atoms with Gasteiger partial charge in [-0.1, -0.05) is 36.4 Å². The Bertz CT molecular complexity index is 713. The maximum Gasteiger partial charge on any atom is 0.336 e. The molecule has 3 rings (SSSR count). The normalized spacial score (nSPS) is 26.2. The van der Waals surface area contributed by atoms with Gasteiger partial charge in [-0.2, -0.15) is 5.06 Å². The van der Waals surface area contributed by atoms with Gasteiger partial charge in [0.1, 0.15) is 12.7 Å². The quantitative estimate of drug-likeness (QED) is 0.664. The molecule has 0 bridgehead atoms. The molecule has 0 aliphatic carbocycles. The zero-order valence-electron chi connectivity index (χ0n) is 17.4. The highest BCUT2D eigenvalue weighted by Gasteiger charge is 2.51. The Morgan fingerprint density at radius 2 is 1.93 bits per heavy atom. The third-order valence-corrected chi connectivity index (χ3v) is 5.18. The first kappa shape index (κ1) is 21.0. The highest BCUT2D eigenvalue weighted by Crippen LogP contribution is 2.42. The first-order valence-corrected chi connectivity index (χ1v) is 9.90. The monoisotopic (exact) mass is 389 g/mol. The number of hydroxylamine groups is 2. The first-order valence-electron chi connectivity index (χ1n) is 9.90. The summed E-state index contributed by atoms with van der Waals surface area (Å²) in [5, 5.41) is 1.88. The maximum atomic E-state index is 12.8. The van der Waals surface area contributed by atoms with Gasteiger partial charge < -0.3 is 14.2 Å². The molecule has 0 saturated carbocycles. The summed E-state index contributed by atoms with van der Waals surface area (Å²) in [5.74, 6) is -0.322. The number of carbonyl (C=O) groups is 1. The summed E-state index contributed by atoms with van der Waals surface area (Å²) in [5.41, 5.74) is 0.447. The van der Waals surface area contributed by atoms with Crippen molar-refractivity contribution in [1.82, 2.24) is 5.06 Å². The van der Waals surface area contributed by atoms with Crippen molar-refractivity contribution in [1.29, 1.82) is 0 Å². The van der Waals surface area contributed by atoms with Gasteiger partial charge in [0.25, 0.3) is 0 Å². The second-order valence-corrected chi connectivity index (χ2v) is 8.25. The Hall–Kier alpha value is -1.73. The zero-order valence-corrected chi connectivity index (χ0v) is 17.4. The molecule has 2 unspecified atom stereocenters. The van der Waals surface area contributed by atoms with Crippen LogP contribution in [-0.4, -0.2) is 47.7 Å². The summed E-state index contributed by atoms with van der Waals surface area (Å²) in [6.45, 7) is 11.3. The van der Waals surface area contributed by atoms with Crippen molar-refractivity contribution in [2.45, 2.75) is 71.1 Å². The topological polar surface area (TPSA) is 57.2 Å². The van der Waals surface area contributed by atoms with Crippen LogP contribution in [0.1, 0.15) is 46.6 Å². The third-order valence-electron chi connectivity index (χ3n) is 5.18. The fourth-order valence-electron chi connectivity index (χ4n) is 3.90. The second-order valence-electron chi connectivity index (χ2n) is 8.25. The fraction of sp³-hybridized carbons (Fsp3) is 0.591. The molecule has 0 amide bonds. The van der Waals surface area contributed by atoms with E-state index in [4.69, 9.17) is 19.0 Å². The van der Waals surface area contributed by atoms with E-state index in [0.29, 0.717) is 18.8 Å². The molecule has 0 N–H and O–H groups in total. The summed E-state index contributed by atoms with van der Waals surface area (Å²) in [6, 6.07) is 9.68. The third kappa shape index (κ3) is 4.30. The SMILES string of the molecule is CCOC1OCCC1ON1C(C)(C)C=C(C(=O)OCc2ccccc2)C1(C)C. The van der Waals surface area contributed by atoms with E-state index in [2.05, 4.69) is 0 Å². The second kappa shape index (κ2) is 8.33. The van der Waals surface area contributed by atoms with Crippen LogP contribution in [0.2, 0.25) is 0 Å². The van der Waals surface area contributed by atoms with Crippen LogP contribution >= 0.6 is 0 Å². The number of hydrogen-bond acceptors (Lipinski definition) is 6. The molecule has 2 atom stereocenters. The number of ether oxygens (including phenoxy) is 3. The van der Waals surface area contributed by atoms with Gasteiger partial charge in [-0.3, -0.25) is 4.84 Å². The lowest BCUT2D eigenvalue weighted by Gasteiger charge is -2.42. The molecule has 2 heterocycles. The number of rotatable bonds is 7. The fourth-order valence-corrected chi connectivity index (χ4v) is 3.90.